The lowest BCUT2D eigenvalue weighted by molar-refractivity contribution is 0.282. The van der Waals surface area contributed by atoms with Crippen molar-refractivity contribution >= 4 is 0 Å². The first-order valence-electron chi connectivity index (χ1n) is 5.23. The summed E-state index contributed by atoms with van der Waals surface area (Å²) in [7, 11) is 0. The molecule has 84 valence electrons. The van der Waals surface area contributed by atoms with Crippen molar-refractivity contribution in [1.29, 1.82) is 0 Å². The first kappa shape index (κ1) is 10.8. The summed E-state index contributed by atoms with van der Waals surface area (Å²) in [6.07, 6.45) is 0. The van der Waals surface area contributed by atoms with Gasteiger partial charge in [-0.2, -0.15) is 5.10 Å². The minimum atomic E-state index is 0.0660. The lowest BCUT2D eigenvalue weighted by atomic mass is 10.1. The van der Waals surface area contributed by atoms with Gasteiger partial charge in [0.1, 0.15) is 11.6 Å². The fourth-order valence-electron chi connectivity index (χ4n) is 1.80. The fraction of sp³-hybridized carbons (Fsp3) is 0.333. The minimum Gasteiger partial charge on any atom is -0.392 e. The van der Waals surface area contributed by atoms with Gasteiger partial charge in [0.25, 0.3) is 0 Å². The molecule has 4 nitrogen and oxygen atoms in total. The molecular weight excluding hydrogens is 202 g/mol. The maximum Gasteiger partial charge on any atom is 0.148 e. The van der Waals surface area contributed by atoms with E-state index in [0.29, 0.717) is 0 Å². The van der Waals surface area contributed by atoms with Crippen LogP contribution in [0.4, 0.5) is 0 Å². The number of hydrogen-bond acceptors (Lipinski definition) is 3. The van der Waals surface area contributed by atoms with Crippen LogP contribution in [-0.2, 0) is 6.61 Å². The van der Waals surface area contributed by atoms with Crippen LogP contribution in [0.5, 0.6) is 0 Å². The van der Waals surface area contributed by atoms with Crippen molar-refractivity contribution in [1.82, 2.24) is 14.8 Å². The van der Waals surface area contributed by atoms with E-state index in [-0.39, 0.29) is 6.61 Å². The third kappa shape index (κ3) is 1.84. The standard InChI is InChI=1S/C12H15N3O/c1-8-6-11(7-16)4-5-12(8)15-10(3)13-9(2)14-15/h4-6,16H,7H2,1-3H3. The van der Waals surface area contributed by atoms with Crippen LogP contribution in [0.15, 0.2) is 18.2 Å². The molecular formula is C12H15N3O. The van der Waals surface area contributed by atoms with Crippen LogP contribution in [0.2, 0.25) is 0 Å². The molecule has 1 N–H and O–H groups in total. The van der Waals surface area contributed by atoms with Crippen molar-refractivity contribution in [2.75, 3.05) is 0 Å². The van der Waals surface area contributed by atoms with E-state index in [1.54, 1.807) is 0 Å². The van der Waals surface area contributed by atoms with Gasteiger partial charge in [-0.15, -0.1) is 0 Å². The second-order valence-electron chi connectivity index (χ2n) is 3.90. The SMILES string of the molecule is Cc1nc(C)n(-c2ccc(CO)cc2C)n1. The van der Waals surface area contributed by atoms with E-state index >= 15 is 0 Å². The van der Waals surface area contributed by atoms with Crippen molar-refractivity contribution in [3.8, 4) is 5.69 Å². The van der Waals surface area contributed by atoms with Crippen LogP contribution in [-0.4, -0.2) is 19.9 Å². The highest BCUT2D eigenvalue weighted by Crippen LogP contribution is 2.16. The van der Waals surface area contributed by atoms with Gasteiger partial charge in [-0.05, 0) is 38.0 Å². The fourth-order valence-corrected chi connectivity index (χ4v) is 1.80. The molecule has 0 radical (unpaired) electrons. The normalized spacial score (nSPS) is 10.8. The third-order valence-electron chi connectivity index (χ3n) is 2.55. The molecule has 0 spiro atoms. The summed E-state index contributed by atoms with van der Waals surface area (Å²) in [5.74, 6) is 1.64. The Balaban J connectivity index is 2.52. The molecule has 16 heavy (non-hydrogen) atoms. The number of aryl methyl sites for hydroxylation is 3. The number of hydrogen-bond donors (Lipinski definition) is 1. The minimum absolute atomic E-state index is 0.0660. The van der Waals surface area contributed by atoms with Crippen molar-refractivity contribution < 1.29 is 5.11 Å². The molecule has 1 aromatic heterocycles. The first-order chi connectivity index (χ1) is 7.61. The van der Waals surface area contributed by atoms with Crippen molar-refractivity contribution in [2.45, 2.75) is 27.4 Å². The summed E-state index contributed by atoms with van der Waals surface area (Å²) in [5, 5.41) is 13.4. The lowest BCUT2D eigenvalue weighted by Gasteiger charge is -2.08. The van der Waals surface area contributed by atoms with Gasteiger partial charge in [0, 0.05) is 0 Å². The Morgan fingerprint density at radius 2 is 2.00 bits per heavy atom. The molecule has 0 amide bonds. The number of aliphatic hydroxyl groups is 1. The zero-order chi connectivity index (χ0) is 11.7. The first-order valence-corrected chi connectivity index (χ1v) is 5.23. The number of aliphatic hydroxyl groups excluding tert-OH is 1. The van der Waals surface area contributed by atoms with Crippen molar-refractivity contribution in [3.05, 3.63) is 41.0 Å². The topological polar surface area (TPSA) is 50.9 Å². The van der Waals surface area contributed by atoms with E-state index < -0.39 is 0 Å². The highest BCUT2D eigenvalue weighted by Gasteiger charge is 2.07. The molecule has 0 aliphatic rings. The summed E-state index contributed by atoms with van der Waals surface area (Å²) in [5.41, 5.74) is 3.01. The molecule has 2 rings (SSSR count). The number of nitrogens with zero attached hydrogens (tertiary/aromatic N) is 3. The summed E-state index contributed by atoms with van der Waals surface area (Å²) in [6.45, 7) is 5.88. The predicted octanol–water partition coefficient (Wildman–Crippen LogP) is 1.68. The number of aromatic nitrogens is 3. The van der Waals surface area contributed by atoms with Gasteiger partial charge in [-0.1, -0.05) is 12.1 Å². The Labute approximate surface area is 94.6 Å². The average Bonchev–Trinajstić information content (AvgIpc) is 2.57. The molecule has 0 bridgehead atoms. The summed E-state index contributed by atoms with van der Waals surface area (Å²) >= 11 is 0. The highest BCUT2D eigenvalue weighted by atomic mass is 16.3. The van der Waals surface area contributed by atoms with Gasteiger partial charge in [0.15, 0.2) is 0 Å². The van der Waals surface area contributed by atoms with Crippen molar-refractivity contribution in [2.24, 2.45) is 0 Å². The van der Waals surface area contributed by atoms with E-state index in [4.69, 9.17) is 5.11 Å². The Bertz CT molecular complexity index is 517. The lowest BCUT2D eigenvalue weighted by Crippen LogP contribution is -2.02. The van der Waals surface area contributed by atoms with Crippen molar-refractivity contribution in [3.63, 3.8) is 0 Å². The Kier molecular flexibility index (Phi) is 2.75. The zero-order valence-corrected chi connectivity index (χ0v) is 9.73. The van der Waals surface area contributed by atoms with E-state index in [0.717, 1.165) is 28.5 Å². The second-order valence-corrected chi connectivity index (χ2v) is 3.90. The van der Waals surface area contributed by atoms with Gasteiger partial charge in [-0.25, -0.2) is 9.67 Å². The smallest absolute Gasteiger partial charge is 0.148 e. The van der Waals surface area contributed by atoms with Gasteiger partial charge >= 0.3 is 0 Å². The molecule has 1 aromatic carbocycles. The van der Waals surface area contributed by atoms with E-state index in [9.17, 15) is 0 Å². The largest absolute Gasteiger partial charge is 0.392 e. The number of rotatable bonds is 2. The summed E-state index contributed by atoms with van der Waals surface area (Å²) in [6, 6.07) is 5.83. The predicted molar refractivity (Wildman–Crippen MR) is 61.5 cm³/mol. The number of benzene rings is 1. The van der Waals surface area contributed by atoms with Crippen LogP contribution in [0.3, 0.4) is 0 Å². The average molecular weight is 217 g/mol. The molecule has 0 saturated heterocycles. The quantitative estimate of drug-likeness (QED) is 0.832. The van der Waals surface area contributed by atoms with Gasteiger partial charge in [0.2, 0.25) is 0 Å². The summed E-state index contributed by atoms with van der Waals surface area (Å²) < 4.78 is 1.83. The van der Waals surface area contributed by atoms with Gasteiger partial charge in [0.05, 0.1) is 12.3 Å². The van der Waals surface area contributed by atoms with E-state index in [2.05, 4.69) is 10.1 Å². The van der Waals surface area contributed by atoms with Crippen LogP contribution in [0.25, 0.3) is 5.69 Å². The molecule has 0 unspecified atom stereocenters. The Hall–Kier alpha value is -1.68. The van der Waals surface area contributed by atoms with E-state index in [1.807, 2.05) is 43.7 Å². The molecule has 0 aliphatic heterocycles. The molecule has 0 atom stereocenters. The second kappa shape index (κ2) is 4.06. The Morgan fingerprint density at radius 1 is 1.25 bits per heavy atom. The van der Waals surface area contributed by atoms with Gasteiger partial charge in [-0.3, -0.25) is 0 Å². The molecule has 0 fully saturated rings. The summed E-state index contributed by atoms with van der Waals surface area (Å²) in [4.78, 5) is 4.27. The van der Waals surface area contributed by atoms with Crippen LogP contribution >= 0.6 is 0 Å². The third-order valence-corrected chi connectivity index (χ3v) is 2.55. The molecule has 0 saturated carbocycles. The highest BCUT2D eigenvalue weighted by molar-refractivity contribution is 5.42. The molecule has 0 aliphatic carbocycles. The van der Waals surface area contributed by atoms with Gasteiger partial charge < -0.3 is 5.11 Å². The van der Waals surface area contributed by atoms with Crippen LogP contribution in [0, 0.1) is 20.8 Å². The molecule has 1 heterocycles. The maximum atomic E-state index is 9.05. The molecule has 2 aromatic rings. The zero-order valence-electron chi connectivity index (χ0n) is 9.73. The maximum absolute atomic E-state index is 9.05. The molecule has 4 heteroatoms. The monoisotopic (exact) mass is 217 g/mol. The van der Waals surface area contributed by atoms with Crippen LogP contribution in [0.1, 0.15) is 22.8 Å². The Morgan fingerprint density at radius 3 is 2.50 bits per heavy atom. The van der Waals surface area contributed by atoms with E-state index in [1.165, 1.54) is 0 Å². The van der Waals surface area contributed by atoms with Crippen LogP contribution < -0.4 is 0 Å².